The summed E-state index contributed by atoms with van der Waals surface area (Å²) in [6, 6.07) is 9.71. The lowest BCUT2D eigenvalue weighted by Crippen LogP contribution is -2.57. The van der Waals surface area contributed by atoms with E-state index in [9.17, 15) is 19.5 Å². The molecule has 0 bridgehead atoms. The van der Waals surface area contributed by atoms with Gasteiger partial charge in [0.2, 0.25) is 11.8 Å². The van der Waals surface area contributed by atoms with Crippen molar-refractivity contribution >= 4 is 63.5 Å². The number of fused-ring (bicyclic) bond motifs is 2. The van der Waals surface area contributed by atoms with Crippen molar-refractivity contribution in [3.05, 3.63) is 80.9 Å². The molecule has 7 nitrogen and oxygen atoms in total. The molecule has 1 aromatic heterocycles. The molecule has 5 rings (SSSR count). The third-order valence-electron chi connectivity index (χ3n) is 8.04. The summed E-state index contributed by atoms with van der Waals surface area (Å²) in [5.41, 5.74) is 0.173. The summed E-state index contributed by atoms with van der Waals surface area (Å²) in [4.78, 5) is 45.4. The molecule has 0 spiro atoms. The highest BCUT2D eigenvalue weighted by Crippen LogP contribution is 2.52. The number of carbonyl (C=O) groups excluding carboxylic acids is 2. The number of unbranched alkanes of at least 4 members (excludes halogenated alkanes) is 2. The van der Waals surface area contributed by atoms with Gasteiger partial charge in [0.25, 0.3) is 0 Å². The summed E-state index contributed by atoms with van der Waals surface area (Å²) in [5, 5.41) is 15.4. The monoisotopic (exact) mass is 601 g/mol. The van der Waals surface area contributed by atoms with Crippen molar-refractivity contribution in [3.63, 3.8) is 0 Å². The van der Waals surface area contributed by atoms with Crippen LogP contribution in [0.25, 0.3) is 10.9 Å². The Labute approximate surface area is 247 Å². The molecule has 40 heavy (non-hydrogen) atoms. The van der Waals surface area contributed by atoms with Gasteiger partial charge in [0.1, 0.15) is 5.54 Å². The lowest BCUT2D eigenvalue weighted by atomic mass is 9.76. The first-order valence-corrected chi connectivity index (χ1v) is 14.5. The number of aliphatic carboxylic acids is 1. The maximum Gasteiger partial charge on any atom is 0.325 e. The number of amides is 2. The van der Waals surface area contributed by atoms with Crippen molar-refractivity contribution in [1.82, 2.24) is 15.2 Å². The lowest BCUT2D eigenvalue weighted by Gasteiger charge is -2.31. The number of para-hydroxylation sites is 1. The summed E-state index contributed by atoms with van der Waals surface area (Å²) in [5.74, 6) is -4.30. The summed E-state index contributed by atoms with van der Waals surface area (Å²) >= 11 is 19.2. The van der Waals surface area contributed by atoms with E-state index < -0.39 is 41.2 Å². The van der Waals surface area contributed by atoms with Crippen molar-refractivity contribution < 1.29 is 19.5 Å². The Bertz CT molecular complexity index is 1500. The molecule has 3 aromatic rings. The number of allylic oxidation sites excluding steroid dienone is 1. The second-order valence-electron chi connectivity index (χ2n) is 10.5. The molecule has 0 aliphatic carbocycles. The van der Waals surface area contributed by atoms with E-state index in [1.165, 1.54) is 11.0 Å². The molecule has 2 amide bonds. The summed E-state index contributed by atoms with van der Waals surface area (Å²) in [6.45, 7) is 2.29. The number of benzene rings is 2. The molecular formula is C30H30Cl3N3O4. The maximum atomic E-state index is 14.0. The largest absolute Gasteiger partial charge is 0.480 e. The van der Waals surface area contributed by atoms with Crippen molar-refractivity contribution in [1.29, 1.82) is 0 Å². The molecule has 210 valence electrons. The van der Waals surface area contributed by atoms with E-state index in [1.54, 1.807) is 12.3 Å². The number of rotatable bonds is 10. The van der Waals surface area contributed by atoms with E-state index in [2.05, 4.69) is 17.2 Å². The first-order chi connectivity index (χ1) is 19.2. The van der Waals surface area contributed by atoms with Gasteiger partial charge in [0.05, 0.1) is 21.9 Å². The summed E-state index contributed by atoms with van der Waals surface area (Å²) < 4.78 is 0. The Morgan fingerprint density at radius 2 is 1.85 bits per heavy atom. The third-order valence-corrected chi connectivity index (χ3v) is 9.07. The second-order valence-corrected chi connectivity index (χ2v) is 11.7. The van der Waals surface area contributed by atoms with Crippen LogP contribution in [0.5, 0.6) is 0 Å². The van der Waals surface area contributed by atoms with E-state index >= 15 is 0 Å². The van der Waals surface area contributed by atoms with Crippen LogP contribution in [0.2, 0.25) is 15.1 Å². The highest BCUT2D eigenvalue weighted by Gasteiger charge is 2.68. The smallest absolute Gasteiger partial charge is 0.325 e. The van der Waals surface area contributed by atoms with Crippen LogP contribution in [-0.2, 0) is 20.8 Å². The number of aromatic amines is 1. The zero-order valence-corrected chi connectivity index (χ0v) is 24.2. The van der Waals surface area contributed by atoms with Gasteiger partial charge in [-0.3, -0.25) is 24.6 Å². The quantitative estimate of drug-likeness (QED) is 0.105. The molecule has 2 aliphatic rings. The van der Waals surface area contributed by atoms with Gasteiger partial charge >= 0.3 is 5.97 Å². The maximum absolute atomic E-state index is 14.0. The van der Waals surface area contributed by atoms with E-state index in [0.717, 1.165) is 35.7 Å². The fraction of sp³-hybridized carbons (Fsp3) is 0.367. The minimum Gasteiger partial charge on any atom is -0.480 e. The van der Waals surface area contributed by atoms with E-state index in [-0.39, 0.29) is 28.0 Å². The molecule has 4 atom stereocenters. The number of imide groups is 1. The predicted molar refractivity (Wildman–Crippen MR) is 157 cm³/mol. The highest BCUT2D eigenvalue weighted by molar-refractivity contribution is 6.43. The fourth-order valence-corrected chi connectivity index (χ4v) is 6.86. The van der Waals surface area contributed by atoms with Crippen LogP contribution in [0.3, 0.4) is 0 Å². The van der Waals surface area contributed by atoms with E-state index in [0.29, 0.717) is 12.0 Å². The molecule has 2 fully saturated rings. The number of hydrogen-bond donors (Lipinski definition) is 3. The Hall–Kier alpha value is -2.84. The van der Waals surface area contributed by atoms with Crippen LogP contribution in [0.15, 0.2) is 54.7 Å². The number of carbonyl (C=O) groups is 3. The Morgan fingerprint density at radius 3 is 2.60 bits per heavy atom. The minimum absolute atomic E-state index is 0.0281. The average molecular weight is 603 g/mol. The number of nitrogens with zero attached hydrogens (tertiary/aromatic N) is 1. The normalized spacial score (nSPS) is 24.5. The van der Waals surface area contributed by atoms with Gasteiger partial charge in [-0.1, -0.05) is 84.9 Å². The van der Waals surface area contributed by atoms with Gasteiger partial charge in [-0.2, -0.15) is 0 Å². The Balaban J connectivity index is 1.57. The molecule has 2 aliphatic heterocycles. The van der Waals surface area contributed by atoms with Gasteiger partial charge in [-0.15, -0.1) is 0 Å². The standard InChI is InChI=1S/C30H30Cl3N3O4/c1-2-3-4-5-6-9-12-36-27(37)23-24(28(36)38)30(29(39)40,15-17-16-34-22-11-8-7-10-19(17)22)35-26(23)20-13-18(31)14-21(32)25(20)33/h5-8,10-11,13-14,16,23-24,26,34-35H,2-4,9,12,15H2,1H3,(H,39,40). The first kappa shape index (κ1) is 28.7. The SMILES string of the molecule is CCCCC=CCCN1C(=O)C2C(c3cc(Cl)cc(Cl)c3Cl)NC(Cc3c[nH]c4ccccc34)(C(=O)O)C2C1=O. The number of carboxylic acids is 1. The molecule has 10 heteroatoms. The van der Waals surface area contributed by atoms with Crippen molar-refractivity contribution in [3.8, 4) is 0 Å². The van der Waals surface area contributed by atoms with Crippen LogP contribution in [-0.4, -0.2) is 44.9 Å². The van der Waals surface area contributed by atoms with Gasteiger partial charge in [-0.05, 0) is 42.2 Å². The molecule has 2 aromatic carbocycles. The Morgan fingerprint density at radius 1 is 1.10 bits per heavy atom. The Kier molecular flexibility index (Phi) is 8.30. The number of hydrogen-bond acceptors (Lipinski definition) is 4. The molecule has 0 saturated carbocycles. The van der Waals surface area contributed by atoms with Crippen LogP contribution in [0.4, 0.5) is 0 Å². The molecule has 4 unspecified atom stereocenters. The zero-order valence-electron chi connectivity index (χ0n) is 21.9. The predicted octanol–water partition coefficient (Wildman–Crippen LogP) is 6.58. The summed E-state index contributed by atoms with van der Waals surface area (Å²) in [7, 11) is 0. The number of nitrogens with one attached hydrogen (secondary N) is 2. The van der Waals surface area contributed by atoms with Gasteiger partial charge < -0.3 is 10.1 Å². The van der Waals surface area contributed by atoms with Crippen molar-refractivity contribution in [2.45, 2.75) is 50.6 Å². The van der Waals surface area contributed by atoms with E-state index in [4.69, 9.17) is 34.8 Å². The molecule has 2 saturated heterocycles. The van der Waals surface area contributed by atoms with Gasteiger partial charge in [0, 0.05) is 41.1 Å². The number of aromatic nitrogens is 1. The second kappa shape index (κ2) is 11.6. The lowest BCUT2D eigenvalue weighted by molar-refractivity contribution is -0.151. The van der Waals surface area contributed by atoms with Crippen molar-refractivity contribution in [2.24, 2.45) is 11.8 Å². The van der Waals surface area contributed by atoms with Gasteiger partial charge in [0.15, 0.2) is 0 Å². The molecule has 3 heterocycles. The van der Waals surface area contributed by atoms with Crippen LogP contribution in [0.1, 0.15) is 49.8 Å². The van der Waals surface area contributed by atoms with E-state index in [1.807, 2.05) is 36.4 Å². The van der Waals surface area contributed by atoms with Crippen LogP contribution >= 0.6 is 34.8 Å². The number of carboxylic acid groups (broad SMARTS) is 1. The van der Waals surface area contributed by atoms with Crippen LogP contribution < -0.4 is 5.32 Å². The third kappa shape index (κ3) is 4.94. The fourth-order valence-electron chi connectivity index (χ4n) is 6.13. The van der Waals surface area contributed by atoms with Crippen molar-refractivity contribution in [2.75, 3.05) is 6.54 Å². The number of likely N-dealkylation sites (tertiary alicyclic amines) is 1. The average Bonchev–Trinajstić information content (AvgIpc) is 3.56. The number of H-pyrrole nitrogens is 1. The number of halogens is 3. The zero-order chi connectivity index (χ0) is 28.6. The molecule has 0 radical (unpaired) electrons. The summed E-state index contributed by atoms with van der Waals surface area (Å²) in [6.07, 6.45) is 9.29. The van der Waals surface area contributed by atoms with Crippen LogP contribution in [0, 0.1) is 11.8 Å². The molecule has 3 N–H and O–H groups in total. The minimum atomic E-state index is -1.78. The first-order valence-electron chi connectivity index (χ1n) is 13.4. The molecular weight excluding hydrogens is 573 g/mol. The van der Waals surface area contributed by atoms with Gasteiger partial charge in [-0.25, -0.2) is 0 Å². The topological polar surface area (TPSA) is 102 Å². The highest BCUT2D eigenvalue weighted by atomic mass is 35.5.